The van der Waals surface area contributed by atoms with Crippen molar-refractivity contribution in [3.63, 3.8) is 0 Å². The minimum atomic E-state index is 0.196. The smallest absolute Gasteiger partial charge is 0.137 e. The molecule has 1 aliphatic heterocycles. The van der Waals surface area contributed by atoms with Crippen molar-refractivity contribution >= 4 is 11.8 Å². The maximum atomic E-state index is 6.21. The Hall–Kier alpha value is -1.61. The monoisotopic (exact) mass is 270 g/mol. The normalized spacial score (nSPS) is 23.0. The van der Waals surface area contributed by atoms with Crippen LogP contribution in [0.4, 0.5) is 0 Å². The summed E-state index contributed by atoms with van der Waals surface area (Å²) in [6.45, 7) is 0. The van der Waals surface area contributed by atoms with Gasteiger partial charge in [0.05, 0.1) is 17.3 Å². The molecule has 96 valence electrons. The van der Waals surface area contributed by atoms with Crippen molar-refractivity contribution in [1.82, 2.24) is 0 Å². The van der Waals surface area contributed by atoms with Gasteiger partial charge in [-0.3, -0.25) is 0 Å². The molecule has 1 aliphatic carbocycles. The van der Waals surface area contributed by atoms with Gasteiger partial charge in [-0.1, -0.05) is 24.3 Å². The van der Waals surface area contributed by atoms with E-state index in [1.807, 2.05) is 23.9 Å². The summed E-state index contributed by atoms with van der Waals surface area (Å²) < 4.78 is 11.5. The highest BCUT2D eigenvalue weighted by atomic mass is 32.2. The third kappa shape index (κ3) is 1.72. The highest BCUT2D eigenvalue weighted by Gasteiger charge is 2.38. The summed E-state index contributed by atoms with van der Waals surface area (Å²) in [5.74, 6) is 1.87. The molecule has 1 heterocycles. The number of fused-ring (bicyclic) bond motifs is 4. The SMILES string of the molecule is COc1ccc2c(c1)S[C@H]1Cc3ccccc3[C@H]1O2. The van der Waals surface area contributed by atoms with Gasteiger partial charge < -0.3 is 9.47 Å². The first-order valence-corrected chi connectivity index (χ1v) is 7.32. The Morgan fingerprint density at radius 2 is 2.11 bits per heavy atom. The van der Waals surface area contributed by atoms with Crippen LogP contribution in [-0.2, 0) is 6.42 Å². The Morgan fingerprint density at radius 1 is 1.21 bits per heavy atom. The van der Waals surface area contributed by atoms with E-state index in [1.165, 1.54) is 16.0 Å². The Balaban J connectivity index is 1.73. The lowest BCUT2D eigenvalue weighted by Gasteiger charge is -2.29. The van der Waals surface area contributed by atoms with E-state index in [0.717, 1.165) is 17.9 Å². The zero-order valence-corrected chi connectivity index (χ0v) is 11.4. The summed E-state index contributed by atoms with van der Waals surface area (Å²) in [6.07, 6.45) is 1.28. The Labute approximate surface area is 116 Å². The van der Waals surface area contributed by atoms with Gasteiger partial charge in [-0.25, -0.2) is 0 Å². The highest BCUT2D eigenvalue weighted by molar-refractivity contribution is 8.00. The van der Waals surface area contributed by atoms with Crippen molar-refractivity contribution in [3.05, 3.63) is 53.6 Å². The maximum absolute atomic E-state index is 6.21. The molecule has 0 fully saturated rings. The average Bonchev–Trinajstić information content (AvgIpc) is 2.81. The molecule has 2 aromatic carbocycles. The molecular formula is C16H14O2S. The summed E-state index contributed by atoms with van der Waals surface area (Å²) in [6, 6.07) is 14.6. The molecule has 19 heavy (non-hydrogen) atoms. The van der Waals surface area contributed by atoms with Gasteiger partial charge in [0.1, 0.15) is 17.6 Å². The topological polar surface area (TPSA) is 18.5 Å². The van der Waals surface area contributed by atoms with Gasteiger partial charge in [0.2, 0.25) is 0 Å². The van der Waals surface area contributed by atoms with Crippen molar-refractivity contribution in [2.24, 2.45) is 0 Å². The van der Waals surface area contributed by atoms with Gasteiger partial charge in [0.15, 0.2) is 0 Å². The molecule has 3 heteroatoms. The number of methoxy groups -OCH3 is 1. The van der Waals surface area contributed by atoms with E-state index in [2.05, 4.69) is 30.3 Å². The Bertz CT molecular complexity index is 638. The molecule has 0 N–H and O–H groups in total. The van der Waals surface area contributed by atoms with E-state index in [1.54, 1.807) is 7.11 Å². The minimum absolute atomic E-state index is 0.196. The molecule has 0 unspecified atom stereocenters. The molecular weight excluding hydrogens is 256 g/mol. The van der Waals surface area contributed by atoms with E-state index in [0.29, 0.717) is 5.25 Å². The van der Waals surface area contributed by atoms with Crippen molar-refractivity contribution < 1.29 is 9.47 Å². The van der Waals surface area contributed by atoms with Crippen LogP contribution in [0.1, 0.15) is 17.2 Å². The van der Waals surface area contributed by atoms with Crippen LogP contribution in [0.2, 0.25) is 0 Å². The first kappa shape index (κ1) is 11.2. The van der Waals surface area contributed by atoms with Crippen molar-refractivity contribution in [1.29, 1.82) is 0 Å². The van der Waals surface area contributed by atoms with Crippen LogP contribution in [0.15, 0.2) is 47.4 Å². The van der Waals surface area contributed by atoms with Crippen LogP contribution in [0.25, 0.3) is 0 Å². The van der Waals surface area contributed by atoms with Gasteiger partial charge in [-0.15, -0.1) is 11.8 Å². The lowest BCUT2D eigenvalue weighted by atomic mass is 10.1. The predicted octanol–water partition coefficient (Wildman–Crippen LogP) is 3.85. The van der Waals surface area contributed by atoms with Crippen molar-refractivity contribution in [2.45, 2.75) is 22.7 Å². The van der Waals surface area contributed by atoms with Crippen molar-refractivity contribution in [2.75, 3.05) is 7.11 Å². The lowest BCUT2D eigenvalue weighted by Crippen LogP contribution is -2.20. The van der Waals surface area contributed by atoms with Crippen LogP contribution < -0.4 is 9.47 Å². The second-order valence-corrected chi connectivity index (χ2v) is 6.19. The van der Waals surface area contributed by atoms with E-state index in [-0.39, 0.29) is 6.10 Å². The Morgan fingerprint density at radius 3 is 3.00 bits per heavy atom. The number of thioether (sulfide) groups is 1. The maximum Gasteiger partial charge on any atom is 0.137 e. The molecule has 4 rings (SSSR count). The fraction of sp³-hybridized carbons (Fsp3) is 0.250. The van der Waals surface area contributed by atoms with Crippen LogP contribution in [0.3, 0.4) is 0 Å². The van der Waals surface area contributed by atoms with Crippen molar-refractivity contribution in [3.8, 4) is 11.5 Å². The second kappa shape index (κ2) is 4.20. The van der Waals surface area contributed by atoms with Gasteiger partial charge in [0, 0.05) is 0 Å². The number of hydrogen-bond donors (Lipinski definition) is 0. The Kier molecular flexibility index (Phi) is 2.49. The summed E-state index contributed by atoms with van der Waals surface area (Å²) in [4.78, 5) is 1.19. The third-order valence-corrected chi connectivity index (χ3v) is 5.09. The molecule has 0 aromatic heterocycles. The quantitative estimate of drug-likeness (QED) is 0.784. The molecule has 0 amide bonds. The largest absolute Gasteiger partial charge is 0.497 e. The summed E-state index contributed by atoms with van der Waals surface area (Å²) in [7, 11) is 1.70. The molecule has 2 aromatic rings. The van der Waals surface area contributed by atoms with Gasteiger partial charge >= 0.3 is 0 Å². The third-order valence-electron chi connectivity index (χ3n) is 3.80. The average molecular weight is 270 g/mol. The molecule has 0 saturated heterocycles. The van der Waals surface area contributed by atoms with Crippen LogP contribution >= 0.6 is 11.8 Å². The molecule has 0 bridgehead atoms. The summed E-state index contributed by atoms with van der Waals surface area (Å²) >= 11 is 1.91. The van der Waals surface area contributed by atoms with E-state index >= 15 is 0 Å². The first-order valence-electron chi connectivity index (χ1n) is 6.44. The van der Waals surface area contributed by atoms with E-state index < -0.39 is 0 Å². The molecule has 0 saturated carbocycles. The van der Waals surface area contributed by atoms with Crippen LogP contribution in [-0.4, -0.2) is 12.4 Å². The molecule has 0 radical (unpaired) electrons. The van der Waals surface area contributed by atoms with Gasteiger partial charge in [0.25, 0.3) is 0 Å². The number of ether oxygens (including phenoxy) is 2. The molecule has 2 aliphatic rings. The summed E-state index contributed by atoms with van der Waals surface area (Å²) in [5, 5.41) is 0.483. The van der Waals surface area contributed by atoms with E-state index in [4.69, 9.17) is 9.47 Å². The van der Waals surface area contributed by atoms with Gasteiger partial charge in [-0.2, -0.15) is 0 Å². The fourth-order valence-corrected chi connectivity index (χ4v) is 4.20. The van der Waals surface area contributed by atoms with Crippen LogP contribution in [0, 0.1) is 0 Å². The zero-order chi connectivity index (χ0) is 12.8. The standard InChI is InChI=1S/C16H14O2S/c1-17-11-6-7-13-14(9-11)19-15-8-10-4-2-3-5-12(10)16(15)18-13/h2-7,9,15-16H,8H2,1H3/t15-,16+/m0/s1. The fourth-order valence-electron chi connectivity index (χ4n) is 2.87. The minimum Gasteiger partial charge on any atom is -0.497 e. The first-order chi connectivity index (χ1) is 9.35. The number of rotatable bonds is 1. The molecule has 2 nitrogen and oxygen atoms in total. The lowest BCUT2D eigenvalue weighted by molar-refractivity contribution is 0.201. The van der Waals surface area contributed by atoms with Crippen LogP contribution in [0.5, 0.6) is 11.5 Å². The van der Waals surface area contributed by atoms with Gasteiger partial charge in [-0.05, 0) is 35.7 Å². The van der Waals surface area contributed by atoms with E-state index in [9.17, 15) is 0 Å². The highest BCUT2D eigenvalue weighted by Crippen LogP contribution is 2.51. The summed E-state index contributed by atoms with van der Waals surface area (Å²) in [5.41, 5.74) is 2.77. The number of hydrogen-bond acceptors (Lipinski definition) is 3. The predicted molar refractivity (Wildman–Crippen MR) is 76.2 cm³/mol. The molecule has 2 atom stereocenters. The second-order valence-electron chi connectivity index (χ2n) is 4.91. The zero-order valence-electron chi connectivity index (χ0n) is 10.6. The molecule has 0 spiro atoms. The number of benzene rings is 2.